The number of hydrogen-bond acceptors (Lipinski definition) is 5. The molecule has 2 rings (SSSR count). The molecule has 1 aromatic heterocycles. The number of pyridine rings is 1. The van der Waals surface area contributed by atoms with Crippen LogP contribution in [0, 0.1) is 12.8 Å². The van der Waals surface area contributed by atoms with Crippen LogP contribution in [0.4, 0.5) is 11.5 Å². The first-order valence-corrected chi connectivity index (χ1v) is 8.41. The van der Waals surface area contributed by atoms with Gasteiger partial charge in [-0.1, -0.05) is 0 Å². The Morgan fingerprint density at radius 1 is 1.55 bits per heavy atom. The molecule has 0 bridgehead atoms. The van der Waals surface area contributed by atoms with Crippen LogP contribution in [0.1, 0.15) is 12.0 Å². The Hall–Kier alpha value is -1.19. The average molecular weight is 363 g/mol. The van der Waals surface area contributed by atoms with Crippen molar-refractivity contribution in [3.05, 3.63) is 16.2 Å². The summed E-state index contributed by atoms with van der Waals surface area (Å²) in [5.74, 6) is -0.375. The summed E-state index contributed by atoms with van der Waals surface area (Å²) in [6.45, 7) is 2.07. The number of rotatable bonds is 3. The van der Waals surface area contributed by atoms with Crippen molar-refractivity contribution in [2.75, 3.05) is 22.9 Å². The quantitative estimate of drug-likeness (QED) is 0.804. The van der Waals surface area contributed by atoms with E-state index in [0.717, 1.165) is 10.0 Å². The van der Waals surface area contributed by atoms with Crippen LogP contribution in [0.3, 0.4) is 0 Å². The van der Waals surface area contributed by atoms with Crippen molar-refractivity contribution in [1.82, 2.24) is 4.98 Å². The Morgan fingerprint density at radius 2 is 2.20 bits per heavy atom. The monoisotopic (exact) mass is 362 g/mol. The van der Waals surface area contributed by atoms with Gasteiger partial charge in [0.2, 0.25) is 15.9 Å². The molecular formula is C11H15BrN4O3S. The minimum absolute atomic E-state index is 0.132. The zero-order valence-electron chi connectivity index (χ0n) is 10.8. The van der Waals surface area contributed by atoms with E-state index in [9.17, 15) is 13.2 Å². The lowest BCUT2D eigenvalue weighted by atomic mass is 10.1. The van der Waals surface area contributed by atoms with E-state index < -0.39 is 10.0 Å². The molecule has 0 radical (unpaired) electrons. The molecule has 4 N–H and O–H groups in total. The van der Waals surface area contributed by atoms with E-state index in [0.29, 0.717) is 11.5 Å². The number of nitrogen functional groups attached to an aromatic ring is 1. The zero-order valence-corrected chi connectivity index (χ0v) is 13.2. The normalized spacial score (nSPS) is 19.6. The molecule has 20 heavy (non-hydrogen) atoms. The van der Waals surface area contributed by atoms with E-state index in [2.05, 4.69) is 20.9 Å². The van der Waals surface area contributed by atoms with Gasteiger partial charge in [-0.3, -0.25) is 9.69 Å². The van der Waals surface area contributed by atoms with Gasteiger partial charge < -0.3 is 5.73 Å². The molecule has 1 saturated heterocycles. The fourth-order valence-electron chi connectivity index (χ4n) is 2.22. The van der Waals surface area contributed by atoms with Crippen molar-refractivity contribution in [2.45, 2.75) is 13.3 Å². The number of nitrogens with zero attached hydrogens (tertiary/aromatic N) is 2. The van der Waals surface area contributed by atoms with Crippen molar-refractivity contribution in [1.29, 1.82) is 0 Å². The number of nitrogens with two attached hydrogens (primary N) is 2. The molecule has 1 fully saturated rings. The number of carbonyl (C=O) groups is 1. The van der Waals surface area contributed by atoms with E-state index in [1.807, 2.05) is 6.92 Å². The SMILES string of the molecule is Cc1c(Br)cnc(N2CC(CS(N)(=O)=O)CC2=O)c1N. The molecule has 1 aromatic rings. The number of hydrogen-bond donors (Lipinski definition) is 2. The highest BCUT2D eigenvalue weighted by Gasteiger charge is 2.34. The molecular weight excluding hydrogens is 348 g/mol. The van der Waals surface area contributed by atoms with Gasteiger partial charge in [0.05, 0.1) is 11.4 Å². The van der Waals surface area contributed by atoms with E-state index in [-0.39, 0.29) is 30.5 Å². The van der Waals surface area contributed by atoms with Crippen LogP contribution < -0.4 is 15.8 Å². The van der Waals surface area contributed by atoms with E-state index in [1.165, 1.54) is 4.90 Å². The molecule has 2 heterocycles. The topological polar surface area (TPSA) is 119 Å². The first-order valence-electron chi connectivity index (χ1n) is 5.90. The van der Waals surface area contributed by atoms with Gasteiger partial charge in [-0.2, -0.15) is 0 Å². The summed E-state index contributed by atoms with van der Waals surface area (Å²) in [6, 6.07) is 0. The average Bonchev–Trinajstić information content (AvgIpc) is 2.65. The maximum Gasteiger partial charge on any atom is 0.228 e. The molecule has 1 aliphatic heterocycles. The summed E-state index contributed by atoms with van der Waals surface area (Å²) in [4.78, 5) is 17.6. The number of sulfonamides is 1. The summed E-state index contributed by atoms with van der Waals surface area (Å²) >= 11 is 3.31. The molecule has 110 valence electrons. The van der Waals surface area contributed by atoms with Gasteiger partial charge in [0.1, 0.15) is 0 Å². The molecule has 0 aromatic carbocycles. The molecule has 1 aliphatic rings. The van der Waals surface area contributed by atoms with Crippen molar-refractivity contribution < 1.29 is 13.2 Å². The molecule has 0 spiro atoms. The van der Waals surface area contributed by atoms with Gasteiger partial charge in [0, 0.05) is 29.6 Å². The molecule has 0 saturated carbocycles. The molecule has 1 atom stereocenters. The zero-order chi connectivity index (χ0) is 15.1. The first-order chi connectivity index (χ1) is 9.19. The summed E-state index contributed by atoms with van der Waals surface area (Å²) in [7, 11) is -3.60. The Bertz CT molecular complexity index is 662. The van der Waals surface area contributed by atoms with Gasteiger partial charge in [-0.15, -0.1) is 0 Å². The van der Waals surface area contributed by atoms with Gasteiger partial charge >= 0.3 is 0 Å². The Labute approximate surface area is 125 Å². The smallest absolute Gasteiger partial charge is 0.228 e. The second-order valence-corrected chi connectivity index (χ2v) is 7.39. The second kappa shape index (κ2) is 5.30. The molecule has 7 nitrogen and oxygen atoms in total. The maximum absolute atomic E-state index is 12.0. The predicted molar refractivity (Wildman–Crippen MR) is 79.5 cm³/mol. The van der Waals surface area contributed by atoms with Crippen molar-refractivity contribution in [2.24, 2.45) is 11.1 Å². The summed E-state index contributed by atoms with van der Waals surface area (Å²) in [6.07, 6.45) is 1.70. The summed E-state index contributed by atoms with van der Waals surface area (Å²) in [5, 5.41) is 5.01. The largest absolute Gasteiger partial charge is 0.395 e. The number of primary sulfonamides is 1. The fraction of sp³-hybridized carbons (Fsp3) is 0.455. The predicted octanol–water partition coefficient (Wildman–Crippen LogP) is 0.376. The van der Waals surface area contributed by atoms with Crippen LogP contribution in [0.25, 0.3) is 0 Å². The van der Waals surface area contributed by atoms with Crippen molar-refractivity contribution in [3.63, 3.8) is 0 Å². The van der Waals surface area contributed by atoms with Gasteiger partial charge in [0.15, 0.2) is 5.82 Å². The van der Waals surface area contributed by atoms with Gasteiger partial charge in [-0.25, -0.2) is 18.5 Å². The number of carbonyl (C=O) groups excluding carboxylic acids is 1. The summed E-state index contributed by atoms with van der Waals surface area (Å²) < 4.78 is 23.0. The van der Waals surface area contributed by atoms with E-state index >= 15 is 0 Å². The Balaban J connectivity index is 2.27. The van der Waals surface area contributed by atoms with Crippen LogP contribution in [0.5, 0.6) is 0 Å². The minimum Gasteiger partial charge on any atom is -0.395 e. The van der Waals surface area contributed by atoms with Crippen LogP contribution in [0.15, 0.2) is 10.7 Å². The van der Waals surface area contributed by atoms with Gasteiger partial charge in [0.25, 0.3) is 0 Å². The lowest BCUT2D eigenvalue weighted by Gasteiger charge is -2.19. The summed E-state index contributed by atoms with van der Waals surface area (Å²) in [5.41, 5.74) is 7.16. The van der Waals surface area contributed by atoms with Gasteiger partial charge in [-0.05, 0) is 28.4 Å². The maximum atomic E-state index is 12.0. The van der Waals surface area contributed by atoms with Crippen molar-refractivity contribution >= 4 is 43.4 Å². The number of amides is 1. The third-order valence-electron chi connectivity index (χ3n) is 3.23. The van der Waals surface area contributed by atoms with E-state index in [4.69, 9.17) is 10.9 Å². The second-order valence-electron chi connectivity index (χ2n) is 4.87. The minimum atomic E-state index is -3.60. The molecule has 1 amide bonds. The van der Waals surface area contributed by atoms with Crippen LogP contribution in [0.2, 0.25) is 0 Å². The van der Waals surface area contributed by atoms with Crippen molar-refractivity contribution in [3.8, 4) is 0 Å². The highest BCUT2D eigenvalue weighted by molar-refractivity contribution is 9.10. The highest BCUT2D eigenvalue weighted by Crippen LogP contribution is 2.32. The highest BCUT2D eigenvalue weighted by atomic mass is 79.9. The molecule has 0 aliphatic carbocycles. The van der Waals surface area contributed by atoms with E-state index in [1.54, 1.807) is 6.20 Å². The lowest BCUT2D eigenvalue weighted by Crippen LogP contribution is -2.29. The first kappa shape index (κ1) is 15.2. The Kier molecular flexibility index (Phi) is 4.03. The number of anilines is 2. The fourth-order valence-corrected chi connectivity index (χ4v) is 3.42. The van der Waals surface area contributed by atoms with Crippen LogP contribution >= 0.6 is 15.9 Å². The molecule has 1 unspecified atom stereocenters. The third-order valence-corrected chi connectivity index (χ3v) is 4.97. The number of aromatic nitrogens is 1. The standard InChI is InChI=1S/C11H15BrN4O3S/c1-6-8(12)3-15-11(10(6)13)16-4-7(2-9(16)17)5-20(14,18)19/h3,7H,2,4-5,13H2,1H3,(H2,14,18,19). The Morgan fingerprint density at radius 3 is 2.80 bits per heavy atom. The third kappa shape index (κ3) is 3.10. The lowest BCUT2D eigenvalue weighted by molar-refractivity contribution is -0.117. The van der Waals surface area contributed by atoms with Crippen LogP contribution in [-0.4, -0.2) is 31.6 Å². The van der Waals surface area contributed by atoms with Crippen LogP contribution in [-0.2, 0) is 14.8 Å². The number of halogens is 1. The molecule has 9 heteroatoms.